The van der Waals surface area contributed by atoms with Crippen LogP contribution in [0, 0.1) is 5.92 Å². The molecular formula is C14H17F2NO3. The molecule has 1 fully saturated rings. The van der Waals surface area contributed by atoms with Crippen LogP contribution in [0.5, 0.6) is 5.75 Å². The van der Waals surface area contributed by atoms with E-state index in [4.69, 9.17) is 5.11 Å². The van der Waals surface area contributed by atoms with Crippen molar-refractivity contribution >= 4 is 5.97 Å². The molecule has 1 aromatic carbocycles. The number of likely N-dealkylation sites (tertiary alicyclic amines) is 1. The first kappa shape index (κ1) is 14.7. The Hall–Kier alpha value is -1.69. The fourth-order valence-electron chi connectivity index (χ4n) is 2.57. The summed E-state index contributed by atoms with van der Waals surface area (Å²) in [4.78, 5) is 13.1. The number of benzene rings is 1. The Morgan fingerprint density at radius 2 is 2.10 bits per heavy atom. The van der Waals surface area contributed by atoms with Gasteiger partial charge in [-0.3, -0.25) is 9.69 Å². The Kier molecular flexibility index (Phi) is 4.54. The minimum absolute atomic E-state index is 0.0236. The van der Waals surface area contributed by atoms with E-state index in [1.54, 1.807) is 12.1 Å². The van der Waals surface area contributed by atoms with Gasteiger partial charge in [0.2, 0.25) is 0 Å². The molecule has 6 heteroatoms. The zero-order chi connectivity index (χ0) is 14.7. The number of hydrogen-bond donors (Lipinski definition) is 1. The second kappa shape index (κ2) is 6.17. The second-order valence-corrected chi connectivity index (χ2v) is 4.97. The summed E-state index contributed by atoms with van der Waals surface area (Å²) in [5.74, 6) is -0.973. The molecule has 1 N–H and O–H groups in total. The molecule has 0 saturated carbocycles. The average molecular weight is 285 g/mol. The van der Waals surface area contributed by atoms with E-state index in [2.05, 4.69) is 9.64 Å². The molecule has 4 nitrogen and oxygen atoms in total. The highest BCUT2D eigenvalue weighted by atomic mass is 19.3. The minimum atomic E-state index is -2.82. The molecule has 110 valence electrons. The van der Waals surface area contributed by atoms with Crippen LogP contribution in [0.25, 0.3) is 0 Å². The Morgan fingerprint density at radius 1 is 1.45 bits per heavy atom. The number of aliphatic carboxylic acids is 1. The summed E-state index contributed by atoms with van der Waals surface area (Å²) in [6.45, 7) is 0.420. The molecule has 0 radical (unpaired) electrons. The summed E-state index contributed by atoms with van der Waals surface area (Å²) in [5.41, 5.74) is 0.949. The zero-order valence-corrected chi connectivity index (χ0v) is 11.1. The van der Waals surface area contributed by atoms with Crippen molar-refractivity contribution in [3.8, 4) is 5.75 Å². The first-order valence-corrected chi connectivity index (χ1v) is 6.48. The lowest BCUT2D eigenvalue weighted by Gasteiger charge is -2.23. The van der Waals surface area contributed by atoms with Crippen molar-refractivity contribution in [1.29, 1.82) is 0 Å². The van der Waals surface area contributed by atoms with Crippen LogP contribution in [0.15, 0.2) is 24.3 Å². The lowest BCUT2D eigenvalue weighted by molar-refractivity contribution is -0.142. The monoisotopic (exact) mass is 285 g/mol. The first-order valence-electron chi connectivity index (χ1n) is 6.48. The molecule has 0 bridgehead atoms. The van der Waals surface area contributed by atoms with E-state index in [0.29, 0.717) is 13.0 Å². The highest BCUT2D eigenvalue weighted by Gasteiger charge is 2.35. The molecule has 1 aliphatic heterocycles. The topological polar surface area (TPSA) is 49.8 Å². The van der Waals surface area contributed by atoms with Gasteiger partial charge in [0.15, 0.2) is 0 Å². The predicted octanol–water partition coefficient (Wildman–Crippen LogP) is 2.58. The maximum absolute atomic E-state index is 12.0. The van der Waals surface area contributed by atoms with Crippen molar-refractivity contribution in [1.82, 2.24) is 4.90 Å². The van der Waals surface area contributed by atoms with Gasteiger partial charge >= 0.3 is 12.6 Å². The van der Waals surface area contributed by atoms with Crippen LogP contribution < -0.4 is 4.74 Å². The molecule has 2 atom stereocenters. The number of halogens is 2. The molecule has 0 amide bonds. The Balaban J connectivity index is 1.95. The van der Waals surface area contributed by atoms with Gasteiger partial charge in [0.1, 0.15) is 5.75 Å². The van der Waals surface area contributed by atoms with Crippen molar-refractivity contribution in [2.45, 2.75) is 32.5 Å². The van der Waals surface area contributed by atoms with Crippen LogP contribution in [0.3, 0.4) is 0 Å². The van der Waals surface area contributed by atoms with Gasteiger partial charge in [-0.15, -0.1) is 0 Å². The molecule has 0 aromatic heterocycles. The Labute approximate surface area is 116 Å². The van der Waals surface area contributed by atoms with Gasteiger partial charge in [-0.2, -0.15) is 8.78 Å². The van der Waals surface area contributed by atoms with Crippen LogP contribution in [0.4, 0.5) is 8.78 Å². The number of rotatable bonds is 5. The van der Waals surface area contributed by atoms with Gasteiger partial charge in [-0.1, -0.05) is 12.1 Å². The molecule has 1 aliphatic rings. The van der Waals surface area contributed by atoms with Crippen LogP contribution in [-0.2, 0) is 11.3 Å². The quantitative estimate of drug-likeness (QED) is 0.903. The van der Waals surface area contributed by atoms with Gasteiger partial charge in [0.25, 0.3) is 0 Å². The fourth-order valence-corrected chi connectivity index (χ4v) is 2.57. The highest BCUT2D eigenvalue weighted by Crippen LogP contribution is 2.26. The summed E-state index contributed by atoms with van der Waals surface area (Å²) in [6, 6.07) is 6.41. The first-order chi connectivity index (χ1) is 9.47. The van der Waals surface area contributed by atoms with Crippen LogP contribution in [0.2, 0.25) is 0 Å². The number of ether oxygens (including phenoxy) is 1. The largest absolute Gasteiger partial charge is 0.481 e. The maximum Gasteiger partial charge on any atom is 0.387 e. The number of carboxylic acid groups (broad SMARTS) is 1. The molecule has 0 aliphatic carbocycles. The van der Waals surface area contributed by atoms with Gasteiger partial charge in [0, 0.05) is 12.6 Å². The number of carboxylic acids is 1. The average Bonchev–Trinajstić information content (AvgIpc) is 2.73. The van der Waals surface area contributed by atoms with E-state index in [1.807, 2.05) is 6.92 Å². The summed E-state index contributed by atoms with van der Waals surface area (Å²) < 4.78 is 28.3. The van der Waals surface area contributed by atoms with Crippen molar-refractivity contribution in [3.63, 3.8) is 0 Å². The number of alkyl halides is 2. The molecule has 0 spiro atoms. The summed E-state index contributed by atoms with van der Waals surface area (Å²) in [6.07, 6.45) is 0.642. The molecule has 1 aromatic rings. The minimum Gasteiger partial charge on any atom is -0.481 e. The van der Waals surface area contributed by atoms with E-state index in [-0.39, 0.29) is 17.7 Å². The van der Waals surface area contributed by atoms with Crippen molar-refractivity contribution < 1.29 is 23.4 Å². The number of hydrogen-bond acceptors (Lipinski definition) is 3. The summed E-state index contributed by atoms with van der Waals surface area (Å²) >= 11 is 0. The summed E-state index contributed by atoms with van der Waals surface area (Å²) in [5, 5.41) is 9.07. The van der Waals surface area contributed by atoms with E-state index >= 15 is 0 Å². The van der Waals surface area contributed by atoms with Gasteiger partial charge in [-0.05, 0) is 37.6 Å². The number of carbonyl (C=O) groups is 1. The smallest absolute Gasteiger partial charge is 0.387 e. The van der Waals surface area contributed by atoms with E-state index < -0.39 is 12.6 Å². The van der Waals surface area contributed by atoms with Crippen LogP contribution >= 0.6 is 0 Å². The van der Waals surface area contributed by atoms with Gasteiger partial charge < -0.3 is 9.84 Å². The van der Waals surface area contributed by atoms with E-state index in [0.717, 1.165) is 12.1 Å². The molecule has 1 saturated heterocycles. The summed E-state index contributed by atoms with van der Waals surface area (Å²) in [7, 11) is 0. The third kappa shape index (κ3) is 3.45. The van der Waals surface area contributed by atoms with Crippen molar-refractivity contribution in [3.05, 3.63) is 29.8 Å². The fraction of sp³-hybridized carbons (Fsp3) is 0.500. The highest BCUT2D eigenvalue weighted by molar-refractivity contribution is 5.71. The Bertz CT molecular complexity index is 464. The molecule has 1 heterocycles. The Morgan fingerprint density at radius 3 is 2.60 bits per heavy atom. The lowest BCUT2D eigenvalue weighted by atomic mass is 10.0. The van der Waals surface area contributed by atoms with Crippen LogP contribution in [0.1, 0.15) is 18.9 Å². The third-order valence-electron chi connectivity index (χ3n) is 3.74. The normalized spacial score (nSPS) is 23.2. The second-order valence-electron chi connectivity index (χ2n) is 4.97. The maximum atomic E-state index is 12.0. The van der Waals surface area contributed by atoms with E-state index in [1.165, 1.54) is 12.1 Å². The van der Waals surface area contributed by atoms with Crippen molar-refractivity contribution in [2.24, 2.45) is 5.92 Å². The van der Waals surface area contributed by atoms with Gasteiger partial charge in [-0.25, -0.2) is 0 Å². The van der Waals surface area contributed by atoms with Crippen molar-refractivity contribution in [2.75, 3.05) is 6.54 Å². The SMILES string of the molecule is CC1C(C(=O)O)CCN1Cc1ccc(OC(F)F)cc1. The van der Waals surface area contributed by atoms with Gasteiger partial charge in [0.05, 0.1) is 5.92 Å². The van der Waals surface area contributed by atoms with Crippen LogP contribution in [-0.4, -0.2) is 35.2 Å². The molecular weight excluding hydrogens is 268 g/mol. The lowest BCUT2D eigenvalue weighted by Crippen LogP contribution is -2.32. The number of nitrogens with zero attached hydrogens (tertiary/aromatic N) is 1. The molecule has 2 rings (SSSR count). The predicted molar refractivity (Wildman–Crippen MR) is 68.7 cm³/mol. The standard InChI is InChI=1S/C14H17F2NO3/c1-9-12(13(18)19)6-7-17(9)8-10-2-4-11(5-3-10)20-14(15)16/h2-5,9,12,14H,6-8H2,1H3,(H,18,19). The molecule has 20 heavy (non-hydrogen) atoms. The zero-order valence-electron chi connectivity index (χ0n) is 11.1. The third-order valence-corrected chi connectivity index (χ3v) is 3.74. The molecule has 2 unspecified atom stereocenters. The van der Waals surface area contributed by atoms with E-state index in [9.17, 15) is 13.6 Å².